The van der Waals surface area contributed by atoms with Gasteiger partial charge < -0.3 is 10.4 Å². The second kappa shape index (κ2) is 5.81. The van der Waals surface area contributed by atoms with Crippen LogP contribution in [0.4, 0.5) is 17.2 Å². The Balaban J connectivity index is 2.24. The lowest BCUT2D eigenvalue weighted by Gasteiger charge is -2.04. The van der Waals surface area contributed by atoms with Crippen molar-refractivity contribution in [2.45, 2.75) is 6.54 Å². The normalized spacial score (nSPS) is 10.4. The van der Waals surface area contributed by atoms with Crippen LogP contribution in [0.15, 0.2) is 34.9 Å². The number of anilines is 2. The lowest BCUT2D eigenvalue weighted by molar-refractivity contribution is -0.384. The minimum atomic E-state index is -0.461. The molecule has 100 valence electrons. The molecule has 1 aromatic carbocycles. The van der Waals surface area contributed by atoms with Crippen molar-refractivity contribution in [2.75, 3.05) is 11.9 Å². The van der Waals surface area contributed by atoms with Crippen LogP contribution >= 0.6 is 15.9 Å². The molecule has 0 unspecified atom stereocenters. The monoisotopic (exact) mass is 326 g/mol. The summed E-state index contributed by atoms with van der Waals surface area (Å²) in [5.74, 6) is 0.485. The molecule has 7 nitrogen and oxygen atoms in total. The van der Waals surface area contributed by atoms with E-state index in [9.17, 15) is 10.1 Å². The molecule has 0 saturated carbocycles. The molecular weight excluding hydrogens is 316 g/mol. The zero-order valence-electron chi connectivity index (χ0n) is 9.78. The van der Waals surface area contributed by atoms with Gasteiger partial charge in [0, 0.05) is 22.8 Å². The number of aliphatic hydroxyl groups excluding tert-OH is 1. The van der Waals surface area contributed by atoms with E-state index in [1.807, 2.05) is 0 Å². The first-order chi connectivity index (χ1) is 9.10. The standard InChI is InChI=1S/C11H11BrN4O3/c12-8-1-2-9(10(7-8)16(18)19)13-11-3-4-15(14-11)5-6-17/h1-4,7,17H,5-6H2,(H,13,14). The second-order valence-corrected chi connectivity index (χ2v) is 4.65. The van der Waals surface area contributed by atoms with Gasteiger partial charge in [-0.3, -0.25) is 14.8 Å². The third kappa shape index (κ3) is 3.30. The fourth-order valence-corrected chi connectivity index (χ4v) is 1.90. The van der Waals surface area contributed by atoms with Crippen LogP contribution in [0.1, 0.15) is 0 Å². The number of benzene rings is 1. The summed E-state index contributed by atoms with van der Waals surface area (Å²) in [6.07, 6.45) is 1.68. The fourth-order valence-electron chi connectivity index (χ4n) is 1.55. The minimum Gasteiger partial charge on any atom is -0.394 e. The van der Waals surface area contributed by atoms with Gasteiger partial charge in [0.15, 0.2) is 5.82 Å². The van der Waals surface area contributed by atoms with Crippen molar-refractivity contribution < 1.29 is 10.0 Å². The van der Waals surface area contributed by atoms with E-state index in [0.29, 0.717) is 22.5 Å². The zero-order valence-corrected chi connectivity index (χ0v) is 11.4. The van der Waals surface area contributed by atoms with Gasteiger partial charge in [-0.25, -0.2) is 0 Å². The summed E-state index contributed by atoms with van der Waals surface area (Å²) < 4.78 is 2.18. The molecule has 0 bridgehead atoms. The number of hydrogen-bond acceptors (Lipinski definition) is 5. The van der Waals surface area contributed by atoms with Gasteiger partial charge in [0.1, 0.15) is 5.69 Å². The van der Waals surface area contributed by atoms with Crippen LogP contribution in [0.5, 0.6) is 0 Å². The van der Waals surface area contributed by atoms with Gasteiger partial charge in [-0.05, 0) is 12.1 Å². The van der Waals surface area contributed by atoms with Crippen LogP contribution in [-0.4, -0.2) is 26.4 Å². The van der Waals surface area contributed by atoms with E-state index in [1.165, 1.54) is 6.07 Å². The maximum atomic E-state index is 11.0. The molecule has 0 fully saturated rings. The van der Waals surface area contributed by atoms with Crippen LogP contribution in [-0.2, 0) is 6.54 Å². The summed E-state index contributed by atoms with van der Waals surface area (Å²) in [4.78, 5) is 10.5. The Bertz CT molecular complexity index is 599. The Labute approximate surface area is 117 Å². The molecule has 2 rings (SSSR count). The summed E-state index contributed by atoms with van der Waals surface area (Å²) in [6, 6.07) is 6.42. The summed E-state index contributed by atoms with van der Waals surface area (Å²) in [5.41, 5.74) is 0.327. The first-order valence-corrected chi connectivity index (χ1v) is 6.25. The van der Waals surface area contributed by atoms with Gasteiger partial charge in [-0.15, -0.1) is 0 Å². The second-order valence-electron chi connectivity index (χ2n) is 3.73. The smallest absolute Gasteiger partial charge is 0.293 e. The molecule has 0 aliphatic rings. The van der Waals surface area contributed by atoms with Crippen molar-refractivity contribution in [1.82, 2.24) is 9.78 Å². The predicted octanol–water partition coefficient (Wildman–Crippen LogP) is 2.29. The highest BCUT2D eigenvalue weighted by molar-refractivity contribution is 9.10. The summed E-state index contributed by atoms with van der Waals surface area (Å²) in [7, 11) is 0. The largest absolute Gasteiger partial charge is 0.394 e. The summed E-state index contributed by atoms with van der Waals surface area (Å²) >= 11 is 3.19. The number of nitrogens with one attached hydrogen (secondary N) is 1. The van der Waals surface area contributed by atoms with Gasteiger partial charge in [0.2, 0.25) is 0 Å². The molecule has 0 spiro atoms. The molecule has 0 amide bonds. The maximum Gasteiger partial charge on any atom is 0.293 e. The molecule has 1 aromatic heterocycles. The first-order valence-electron chi connectivity index (χ1n) is 5.45. The van der Waals surface area contributed by atoms with Crippen molar-refractivity contribution in [3.63, 3.8) is 0 Å². The maximum absolute atomic E-state index is 11.0. The van der Waals surface area contributed by atoms with E-state index >= 15 is 0 Å². The lowest BCUT2D eigenvalue weighted by Crippen LogP contribution is -2.03. The number of halogens is 1. The molecule has 19 heavy (non-hydrogen) atoms. The van der Waals surface area contributed by atoms with Crippen LogP contribution < -0.4 is 5.32 Å². The Kier molecular flexibility index (Phi) is 4.13. The van der Waals surface area contributed by atoms with Gasteiger partial charge >= 0.3 is 0 Å². The molecule has 0 saturated heterocycles. The van der Waals surface area contributed by atoms with Crippen molar-refractivity contribution >= 4 is 33.1 Å². The van der Waals surface area contributed by atoms with Crippen LogP contribution in [0.3, 0.4) is 0 Å². The number of hydrogen-bond donors (Lipinski definition) is 2. The van der Waals surface area contributed by atoms with E-state index in [2.05, 4.69) is 26.3 Å². The fraction of sp³-hybridized carbons (Fsp3) is 0.182. The quantitative estimate of drug-likeness (QED) is 0.649. The van der Waals surface area contributed by atoms with Crippen molar-refractivity contribution in [3.8, 4) is 0 Å². The highest BCUT2D eigenvalue weighted by Crippen LogP contribution is 2.29. The average molecular weight is 327 g/mol. The first kappa shape index (κ1) is 13.5. The van der Waals surface area contributed by atoms with E-state index in [0.717, 1.165) is 0 Å². The van der Waals surface area contributed by atoms with E-state index < -0.39 is 4.92 Å². The molecule has 8 heteroatoms. The SMILES string of the molecule is O=[N+]([O-])c1cc(Br)ccc1Nc1ccn(CCO)n1. The molecule has 1 heterocycles. The third-order valence-electron chi connectivity index (χ3n) is 2.39. The highest BCUT2D eigenvalue weighted by atomic mass is 79.9. The summed E-state index contributed by atoms with van der Waals surface area (Å²) in [5, 5.41) is 26.8. The molecule has 0 aliphatic carbocycles. The van der Waals surface area contributed by atoms with E-state index in [-0.39, 0.29) is 12.3 Å². The molecule has 2 aromatic rings. The summed E-state index contributed by atoms with van der Waals surface area (Å²) in [6.45, 7) is 0.365. The predicted molar refractivity (Wildman–Crippen MR) is 73.4 cm³/mol. The van der Waals surface area contributed by atoms with E-state index in [4.69, 9.17) is 5.11 Å². The number of aromatic nitrogens is 2. The lowest BCUT2D eigenvalue weighted by atomic mass is 10.2. The molecular formula is C11H11BrN4O3. The van der Waals surface area contributed by atoms with Crippen molar-refractivity contribution in [2.24, 2.45) is 0 Å². The van der Waals surface area contributed by atoms with E-state index in [1.54, 1.807) is 29.1 Å². The Morgan fingerprint density at radius 2 is 2.26 bits per heavy atom. The zero-order chi connectivity index (χ0) is 13.8. The number of rotatable bonds is 5. The number of nitrogens with zero attached hydrogens (tertiary/aromatic N) is 3. The molecule has 0 atom stereocenters. The van der Waals surface area contributed by atoms with Gasteiger partial charge in [0.05, 0.1) is 18.1 Å². The Morgan fingerprint density at radius 1 is 1.47 bits per heavy atom. The van der Waals surface area contributed by atoms with Crippen molar-refractivity contribution in [3.05, 3.63) is 45.0 Å². The molecule has 0 aliphatic heterocycles. The number of aliphatic hydroxyl groups is 1. The average Bonchev–Trinajstić information content (AvgIpc) is 2.79. The number of nitro benzene ring substituents is 1. The van der Waals surface area contributed by atoms with Crippen LogP contribution in [0, 0.1) is 10.1 Å². The third-order valence-corrected chi connectivity index (χ3v) is 2.88. The Hall–Kier alpha value is -1.93. The van der Waals surface area contributed by atoms with Crippen molar-refractivity contribution in [1.29, 1.82) is 0 Å². The van der Waals surface area contributed by atoms with Gasteiger partial charge in [-0.2, -0.15) is 5.10 Å². The highest BCUT2D eigenvalue weighted by Gasteiger charge is 2.14. The topological polar surface area (TPSA) is 93.2 Å². The van der Waals surface area contributed by atoms with Crippen LogP contribution in [0.2, 0.25) is 0 Å². The minimum absolute atomic E-state index is 0.0143. The molecule has 2 N–H and O–H groups in total. The Morgan fingerprint density at radius 3 is 2.95 bits per heavy atom. The van der Waals surface area contributed by atoms with Gasteiger partial charge in [0.25, 0.3) is 5.69 Å². The van der Waals surface area contributed by atoms with Crippen LogP contribution in [0.25, 0.3) is 0 Å². The molecule has 0 radical (unpaired) electrons. The number of nitro groups is 1. The van der Waals surface area contributed by atoms with Gasteiger partial charge in [-0.1, -0.05) is 15.9 Å².